The van der Waals surface area contributed by atoms with Crippen LogP contribution in [0.1, 0.15) is 6.92 Å². The topological polar surface area (TPSA) is 24.1 Å². The Morgan fingerprint density at radius 3 is 2.75 bits per heavy atom. The minimum atomic E-state index is 0.678. The second-order valence-corrected chi connectivity index (χ2v) is 3.74. The lowest BCUT2D eigenvalue weighted by atomic mass is 10.2. The maximum absolute atomic E-state index is 3.31. The van der Waals surface area contributed by atoms with Crippen LogP contribution >= 0.6 is 22.6 Å². The van der Waals surface area contributed by atoms with Gasteiger partial charge in [0, 0.05) is 23.2 Å². The number of alkyl halides is 1. The summed E-state index contributed by atoms with van der Waals surface area (Å²) >= 11 is 2.46. The fraction of sp³-hybridized carbons (Fsp3) is 1.00. The fourth-order valence-electron chi connectivity index (χ4n) is 0.748. The molecule has 0 saturated carbocycles. The molecule has 2 N–H and O–H groups in total. The SMILES string of the molecule is CC1NCNCC1I. The minimum Gasteiger partial charge on any atom is -0.303 e. The zero-order chi connectivity index (χ0) is 5.98. The Morgan fingerprint density at radius 1 is 1.62 bits per heavy atom. The van der Waals surface area contributed by atoms with Crippen LogP contribution in [0.3, 0.4) is 0 Å². The molecule has 0 amide bonds. The molecular formula is C5H11IN2. The average Bonchev–Trinajstić information content (AvgIpc) is 1.77. The lowest BCUT2D eigenvalue weighted by Gasteiger charge is -2.25. The maximum Gasteiger partial charge on any atom is 0.0456 e. The first-order valence-corrected chi connectivity index (χ1v) is 4.13. The van der Waals surface area contributed by atoms with Crippen molar-refractivity contribution in [3.05, 3.63) is 0 Å². The lowest BCUT2D eigenvalue weighted by molar-refractivity contribution is 0.430. The summed E-state index contributed by atoms with van der Waals surface area (Å²) in [5.74, 6) is 0. The van der Waals surface area contributed by atoms with Gasteiger partial charge in [0.2, 0.25) is 0 Å². The van der Waals surface area contributed by atoms with Gasteiger partial charge in [-0.2, -0.15) is 0 Å². The Balaban J connectivity index is 2.28. The third-order valence-corrected chi connectivity index (χ3v) is 2.95. The molecule has 3 heteroatoms. The van der Waals surface area contributed by atoms with Gasteiger partial charge >= 0.3 is 0 Å². The molecule has 8 heavy (non-hydrogen) atoms. The van der Waals surface area contributed by atoms with Crippen molar-refractivity contribution in [2.75, 3.05) is 13.2 Å². The summed E-state index contributed by atoms with van der Waals surface area (Å²) < 4.78 is 0.751. The average molecular weight is 226 g/mol. The second-order valence-electron chi connectivity index (χ2n) is 2.14. The molecule has 1 aliphatic rings. The predicted octanol–water partition coefficient (Wildman–Crippen LogP) is 0.329. The zero-order valence-corrected chi connectivity index (χ0v) is 7.10. The molecule has 1 rings (SSSR count). The Labute approximate surface area is 63.6 Å². The van der Waals surface area contributed by atoms with Crippen molar-refractivity contribution in [2.24, 2.45) is 0 Å². The number of nitrogens with one attached hydrogen (secondary N) is 2. The standard InChI is InChI=1S/C5H11IN2/c1-4-5(6)2-7-3-8-4/h4-5,7-8H,2-3H2,1H3. The van der Waals surface area contributed by atoms with Crippen LogP contribution in [0.4, 0.5) is 0 Å². The van der Waals surface area contributed by atoms with Crippen LogP contribution in [0.2, 0.25) is 0 Å². The molecule has 0 aromatic heterocycles. The summed E-state index contributed by atoms with van der Waals surface area (Å²) in [6.45, 7) is 4.34. The largest absolute Gasteiger partial charge is 0.303 e. The molecule has 0 radical (unpaired) electrons. The first-order chi connectivity index (χ1) is 3.80. The molecule has 0 aromatic rings. The fourth-order valence-corrected chi connectivity index (χ4v) is 1.31. The number of hydrogen-bond donors (Lipinski definition) is 2. The van der Waals surface area contributed by atoms with Crippen molar-refractivity contribution in [1.29, 1.82) is 0 Å². The molecule has 1 fully saturated rings. The molecular weight excluding hydrogens is 215 g/mol. The van der Waals surface area contributed by atoms with Crippen molar-refractivity contribution < 1.29 is 0 Å². The van der Waals surface area contributed by atoms with E-state index in [9.17, 15) is 0 Å². The van der Waals surface area contributed by atoms with E-state index in [0.717, 1.165) is 17.1 Å². The smallest absolute Gasteiger partial charge is 0.0456 e. The summed E-state index contributed by atoms with van der Waals surface area (Å²) in [6, 6.07) is 0.678. The summed E-state index contributed by atoms with van der Waals surface area (Å²) in [5, 5.41) is 6.56. The Morgan fingerprint density at radius 2 is 2.38 bits per heavy atom. The van der Waals surface area contributed by atoms with E-state index in [1.54, 1.807) is 0 Å². The second kappa shape index (κ2) is 2.98. The van der Waals surface area contributed by atoms with Gasteiger partial charge in [-0.25, -0.2) is 0 Å². The first-order valence-electron chi connectivity index (χ1n) is 2.89. The van der Waals surface area contributed by atoms with Gasteiger partial charge in [-0.05, 0) is 6.92 Å². The summed E-state index contributed by atoms with van der Waals surface area (Å²) in [5.41, 5.74) is 0. The van der Waals surface area contributed by atoms with Gasteiger partial charge in [-0.1, -0.05) is 22.6 Å². The third kappa shape index (κ3) is 1.56. The van der Waals surface area contributed by atoms with Gasteiger partial charge in [-0.15, -0.1) is 0 Å². The van der Waals surface area contributed by atoms with Crippen molar-refractivity contribution in [2.45, 2.75) is 16.9 Å². The molecule has 48 valence electrons. The van der Waals surface area contributed by atoms with Gasteiger partial charge in [0.25, 0.3) is 0 Å². The van der Waals surface area contributed by atoms with E-state index in [1.807, 2.05) is 0 Å². The van der Waals surface area contributed by atoms with E-state index in [1.165, 1.54) is 0 Å². The molecule has 0 aromatic carbocycles. The lowest BCUT2D eigenvalue weighted by Crippen LogP contribution is -2.50. The van der Waals surface area contributed by atoms with Crippen LogP contribution < -0.4 is 10.6 Å². The van der Waals surface area contributed by atoms with Crippen LogP contribution in [0.5, 0.6) is 0 Å². The number of hydrogen-bond acceptors (Lipinski definition) is 2. The Kier molecular flexibility index (Phi) is 2.52. The molecule has 1 heterocycles. The molecule has 2 nitrogen and oxygen atoms in total. The normalized spacial score (nSPS) is 39.8. The number of rotatable bonds is 0. The highest BCUT2D eigenvalue weighted by Crippen LogP contribution is 2.06. The van der Waals surface area contributed by atoms with E-state index in [0.29, 0.717) is 6.04 Å². The monoisotopic (exact) mass is 226 g/mol. The van der Waals surface area contributed by atoms with Crippen molar-refractivity contribution in [1.82, 2.24) is 10.6 Å². The maximum atomic E-state index is 3.31. The summed E-state index contributed by atoms with van der Waals surface area (Å²) in [6.07, 6.45) is 0. The zero-order valence-electron chi connectivity index (χ0n) is 4.95. The molecule has 0 bridgehead atoms. The minimum absolute atomic E-state index is 0.678. The van der Waals surface area contributed by atoms with Crippen LogP contribution in [-0.4, -0.2) is 23.2 Å². The van der Waals surface area contributed by atoms with Gasteiger partial charge in [0.1, 0.15) is 0 Å². The summed E-state index contributed by atoms with van der Waals surface area (Å²) in [4.78, 5) is 0. The van der Waals surface area contributed by atoms with Gasteiger partial charge in [0.05, 0.1) is 0 Å². The van der Waals surface area contributed by atoms with E-state index < -0.39 is 0 Å². The van der Waals surface area contributed by atoms with Crippen LogP contribution in [0.15, 0.2) is 0 Å². The highest BCUT2D eigenvalue weighted by molar-refractivity contribution is 14.1. The van der Waals surface area contributed by atoms with Crippen LogP contribution in [0, 0.1) is 0 Å². The van der Waals surface area contributed by atoms with Gasteiger partial charge in [-0.3, -0.25) is 0 Å². The van der Waals surface area contributed by atoms with E-state index in [2.05, 4.69) is 40.1 Å². The molecule has 1 saturated heterocycles. The Bertz CT molecular complexity index is 66.8. The molecule has 1 aliphatic heterocycles. The van der Waals surface area contributed by atoms with Crippen LogP contribution in [-0.2, 0) is 0 Å². The van der Waals surface area contributed by atoms with Crippen LogP contribution in [0.25, 0.3) is 0 Å². The van der Waals surface area contributed by atoms with Crippen molar-refractivity contribution in [3.63, 3.8) is 0 Å². The molecule has 2 unspecified atom stereocenters. The van der Waals surface area contributed by atoms with Gasteiger partial charge < -0.3 is 10.6 Å². The predicted molar refractivity (Wildman–Crippen MR) is 43.3 cm³/mol. The number of halogens is 1. The van der Waals surface area contributed by atoms with E-state index >= 15 is 0 Å². The van der Waals surface area contributed by atoms with Crippen molar-refractivity contribution in [3.8, 4) is 0 Å². The first kappa shape index (κ1) is 6.77. The molecule has 2 atom stereocenters. The third-order valence-electron chi connectivity index (χ3n) is 1.43. The quantitative estimate of drug-likeness (QED) is 0.459. The highest BCUT2D eigenvalue weighted by Gasteiger charge is 2.15. The molecule has 0 aliphatic carbocycles. The summed E-state index contributed by atoms with van der Waals surface area (Å²) in [7, 11) is 0. The highest BCUT2D eigenvalue weighted by atomic mass is 127. The van der Waals surface area contributed by atoms with Crippen molar-refractivity contribution >= 4 is 22.6 Å². The molecule has 0 spiro atoms. The Hall–Kier alpha value is 0.650. The van der Waals surface area contributed by atoms with Gasteiger partial charge in [0.15, 0.2) is 0 Å². The van der Waals surface area contributed by atoms with E-state index in [4.69, 9.17) is 0 Å². The van der Waals surface area contributed by atoms with E-state index in [-0.39, 0.29) is 0 Å².